The van der Waals surface area contributed by atoms with Crippen LogP contribution in [0, 0.1) is 31.6 Å². The van der Waals surface area contributed by atoms with E-state index in [4.69, 9.17) is 56.9 Å². The van der Waals surface area contributed by atoms with Gasteiger partial charge in [0.2, 0.25) is 36.8 Å². The van der Waals surface area contributed by atoms with Crippen LogP contribution >= 0.6 is 0 Å². The number of aliphatic imine (C=N–C) groups is 4. The predicted octanol–water partition coefficient (Wildman–Crippen LogP) is -6.77. The standard InChI is InChI=1S/C38H47N23O13/c39-15-17-13-20(60(69)70)23(21(14-17)61(71)72)59(12-4-5-16-8-10-19(11-9-16)58-74-73)34(68)33(67)49-22(18-6-2-1-3-7-18)29(63)51-26(55-36(43)44)31(65)53-28(57-38(47)48)32(66)52-27(56-37(45)46)30(64)50-25(24(40)62)54-35(41)42/h1-11,13-14,22,25-28,34,58,68,73H,12H2,(H2,40,62)(H,49,67)(H,50,64)(H,51,63)(H,52,66)(H,53,65)(H4,41,42,54)(H4,43,44,55)(H4,45,46,56)(H4,47,48,57)/b5-4-. The zero-order valence-electron chi connectivity index (χ0n) is 37.8. The molecule has 0 aliphatic rings. The predicted molar refractivity (Wildman–Crippen MR) is 258 cm³/mol. The summed E-state index contributed by atoms with van der Waals surface area (Å²) in [5, 5.41) is 64.9. The van der Waals surface area contributed by atoms with Gasteiger partial charge >= 0.3 is 11.4 Å². The van der Waals surface area contributed by atoms with Gasteiger partial charge in [-0.05, 0) is 23.3 Å². The Bertz CT molecular complexity index is 2750. The number of aliphatic hydroxyl groups excluding tert-OH is 1. The number of carbonyl (C=O) groups excluding carboxylic acids is 6. The molecule has 3 aromatic rings. The van der Waals surface area contributed by atoms with E-state index in [0.717, 1.165) is 0 Å². The number of amides is 6. The number of carbonyl (C=O) groups is 6. The minimum absolute atomic E-state index is 0.0825. The summed E-state index contributed by atoms with van der Waals surface area (Å²) >= 11 is 0. The van der Waals surface area contributed by atoms with Crippen molar-refractivity contribution in [3.63, 3.8) is 0 Å². The molecule has 74 heavy (non-hydrogen) atoms. The number of primary amides is 1. The smallest absolute Gasteiger partial charge is 0.301 e. The SMILES string of the molecule is N#Cc1cc([N+](=O)[O-])c(N(C/C=C\c2ccc(NOO)cc2)C(O)C(=O)NC(C(=O)NC(N=C(N)N)C(=O)NC(N=C(N)N)C(=O)NC(N=C(N)N)C(=O)NC(N=C(N)N)C(N)=O)c2ccccc2)c([N+](=O)[O-])c1. The Balaban J connectivity index is 2.07. The number of nitrogens with one attached hydrogen (secondary N) is 6. The number of anilines is 2. The maximum atomic E-state index is 14.2. The Morgan fingerprint density at radius 1 is 0.662 bits per heavy atom. The van der Waals surface area contributed by atoms with Crippen LogP contribution in [0.5, 0.6) is 0 Å². The number of rotatable bonds is 25. The summed E-state index contributed by atoms with van der Waals surface area (Å²) in [6.07, 6.45) is -8.65. The zero-order chi connectivity index (χ0) is 55.4. The molecule has 0 heterocycles. The van der Waals surface area contributed by atoms with Gasteiger partial charge in [0.05, 0.1) is 27.2 Å². The first-order valence-electron chi connectivity index (χ1n) is 20.2. The highest BCUT2D eigenvalue weighted by Crippen LogP contribution is 2.39. The molecule has 6 amide bonds. The summed E-state index contributed by atoms with van der Waals surface area (Å²) in [4.78, 5) is 122. The van der Waals surface area contributed by atoms with Crippen LogP contribution in [0.3, 0.4) is 0 Å². The van der Waals surface area contributed by atoms with Gasteiger partial charge in [-0.3, -0.25) is 49.0 Å². The Hall–Kier alpha value is -10.9. The molecule has 0 saturated heterocycles. The second kappa shape index (κ2) is 26.7. The quantitative estimate of drug-likeness (QED) is 0.00936. The van der Waals surface area contributed by atoms with Crippen molar-refractivity contribution < 1.29 is 54.0 Å². The fourth-order valence-electron chi connectivity index (χ4n) is 5.97. The van der Waals surface area contributed by atoms with Crippen molar-refractivity contribution in [2.24, 2.45) is 71.6 Å². The van der Waals surface area contributed by atoms with Crippen molar-refractivity contribution in [3.8, 4) is 6.07 Å². The number of nitrogens with two attached hydrogens (primary N) is 9. The Kier molecular flexibility index (Phi) is 20.7. The van der Waals surface area contributed by atoms with Gasteiger partial charge in [0.25, 0.3) is 29.5 Å². The number of hydrogen-bond donors (Lipinski definition) is 17. The van der Waals surface area contributed by atoms with Gasteiger partial charge in [-0.2, -0.15) is 5.26 Å². The molecule has 6 atom stereocenters. The van der Waals surface area contributed by atoms with E-state index in [9.17, 15) is 59.4 Å². The molecule has 0 radical (unpaired) electrons. The Labute approximate surface area is 414 Å². The van der Waals surface area contributed by atoms with Crippen LogP contribution in [0.1, 0.15) is 22.7 Å². The lowest BCUT2D eigenvalue weighted by Gasteiger charge is -2.29. The number of nitrogens with zero attached hydrogens (tertiary/aromatic N) is 8. The summed E-state index contributed by atoms with van der Waals surface area (Å²) in [6.45, 7) is -0.718. The average molecular weight is 1030 g/mol. The summed E-state index contributed by atoms with van der Waals surface area (Å²) in [7, 11) is 0. The van der Waals surface area contributed by atoms with Crippen LogP contribution < -0.4 is 88.6 Å². The fourth-order valence-corrected chi connectivity index (χ4v) is 5.97. The lowest BCUT2D eigenvalue weighted by Crippen LogP contribution is -2.58. The molecule has 3 aromatic carbocycles. The molecule has 0 aromatic heterocycles. The zero-order valence-corrected chi connectivity index (χ0v) is 37.8. The molecule has 392 valence electrons. The third-order valence-corrected chi connectivity index (χ3v) is 9.02. The van der Waals surface area contributed by atoms with E-state index in [0.29, 0.717) is 28.3 Å². The lowest BCUT2D eigenvalue weighted by atomic mass is 10.1. The van der Waals surface area contributed by atoms with Crippen molar-refractivity contribution in [2.75, 3.05) is 16.9 Å². The first kappa shape index (κ1) is 57.4. The lowest BCUT2D eigenvalue weighted by molar-refractivity contribution is -0.392. The number of nitro benzene ring substituents is 2. The van der Waals surface area contributed by atoms with Gasteiger partial charge in [-0.1, -0.05) is 54.6 Å². The molecule has 0 fully saturated rings. The highest BCUT2D eigenvalue weighted by Gasteiger charge is 2.39. The number of nitro groups is 2. The molecule has 36 heteroatoms. The molecule has 0 bridgehead atoms. The van der Waals surface area contributed by atoms with Crippen molar-refractivity contribution in [3.05, 3.63) is 110 Å². The highest BCUT2D eigenvalue weighted by atomic mass is 17.2. The van der Waals surface area contributed by atoms with Crippen LogP contribution in [0.4, 0.5) is 22.7 Å². The summed E-state index contributed by atoms with van der Waals surface area (Å²) in [5.74, 6) is -11.8. The Morgan fingerprint density at radius 2 is 1.09 bits per heavy atom. The normalized spacial score (nSPS) is 12.9. The first-order chi connectivity index (χ1) is 34.9. The van der Waals surface area contributed by atoms with E-state index in [-0.39, 0.29) is 5.56 Å². The number of aliphatic hydroxyl groups is 1. The van der Waals surface area contributed by atoms with Crippen LogP contribution in [-0.2, 0) is 33.8 Å². The average Bonchev–Trinajstić information content (AvgIpc) is 3.33. The third-order valence-electron chi connectivity index (χ3n) is 9.02. The molecular weight excluding hydrogens is 987 g/mol. The minimum atomic E-state index is -2.65. The highest BCUT2D eigenvalue weighted by molar-refractivity contribution is 5.99. The van der Waals surface area contributed by atoms with Crippen LogP contribution in [0.25, 0.3) is 6.08 Å². The molecule has 6 unspecified atom stereocenters. The van der Waals surface area contributed by atoms with Gasteiger partial charge in [0.1, 0.15) is 6.04 Å². The summed E-state index contributed by atoms with van der Waals surface area (Å²) in [5.41, 5.74) is 47.7. The van der Waals surface area contributed by atoms with Gasteiger partial charge in [0.15, 0.2) is 29.5 Å². The number of hydrogen-bond acceptors (Lipinski definition) is 20. The van der Waals surface area contributed by atoms with Crippen LogP contribution in [0.15, 0.2) is 92.8 Å². The molecule has 0 aliphatic carbocycles. The molecular formula is C38H47N23O13. The van der Waals surface area contributed by atoms with Gasteiger partial charge in [0, 0.05) is 18.7 Å². The van der Waals surface area contributed by atoms with E-state index in [1.54, 1.807) is 6.07 Å². The van der Waals surface area contributed by atoms with Gasteiger partial charge in [-0.25, -0.2) is 30.7 Å². The van der Waals surface area contributed by atoms with Crippen molar-refractivity contribution >= 4 is 88.1 Å². The fraction of sp³-hybridized carbons (Fsp3) is 0.184. The van der Waals surface area contributed by atoms with E-state index >= 15 is 0 Å². The third kappa shape index (κ3) is 16.9. The molecule has 26 N–H and O–H groups in total. The van der Waals surface area contributed by atoms with Gasteiger partial charge in [-0.15, -0.1) is 4.99 Å². The van der Waals surface area contributed by atoms with Crippen molar-refractivity contribution in [2.45, 2.75) is 36.9 Å². The molecule has 0 aliphatic heterocycles. The van der Waals surface area contributed by atoms with E-state index in [1.807, 2.05) is 16.0 Å². The van der Waals surface area contributed by atoms with E-state index in [1.165, 1.54) is 66.7 Å². The summed E-state index contributed by atoms with van der Waals surface area (Å²) in [6, 6.07) is 13.6. The maximum absolute atomic E-state index is 14.2. The van der Waals surface area contributed by atoms with Crippen LogP contribution in [-0.4, -0.2) is 117 Å². The van der Waals surface area contributed by atoms with E-state index in [2.05, 4.69) is 41.1 Å². The maximum Gasteiger partial charge on any atom is 0.301 e. The molecule has 3 rings (SSSR count). The van der Waals surface area contributed by atoms with Crippen molar-refractivity contribution in [1.29, 1.82) is 5.26 Å². The van der Waals surface area contributed by atoms with Crippen molar-refractivity contribution in [1.82, 2.24) is 26.6 Å². The van der Waals surface area contributed by atoms with Crippen LogP contribution in [0.2, 0.25) is 0 Å². The first-order valence-corrected chi connectivity index (χ1v) is 20.2. The monoisotopic (exact) mass is 1030 g/mol. The van der Waals surface area contributed by atoms with Gasteiger partial charge < -0.3 is 88.2 Å². The molecule has 36 nitrogen and oxygen atoms in total. The number of nitriles is 1. The van der Waals surface area contributed by atoms with E-state index < -0.39 is 135 Å². The second-order valence-electron chi connectivity index (χ2n) is 14.3. The topological polar surface area (TPSA) is 621 Å². The largest absolute Gasteiger partial charge is 0.370 e. The number of guanidine groups is 4. The molecule has 0 spiro atoms. The summed E-state index contributed by atoms with van der Waals surface area (Å²) < 4.78 is 0. The number of benzene rings is 3. The molecule has 0 saturated carbocycles. The minimum Gasteiger partial charge on any atom is -0.370 e. The second-order valence-corrected chi connectivity index (χ2v) is 14.3. The Morgan fingerprint density at radius 3 is 1.50 bits per heavy atom.